The van der Waals surface area contributed by atoms with Crippen molar-refractivity contribution in [3.05, 3.63) is 70.2 Å². The molecule has 0 heterocycles. The predicted octanol–water partition coefficient (Wildman–Crippen LogP) is 4.88. The van der Waals surface area contributed by atoms with E-state index < -0.39 is 29.1 Å². The summed E-state index contributed by atoms with van der Waals surface area (Å²) >= 11 is 6.09. The molecule has 1 atom stereocenters. The molecule has 2 amide bonds. The van der Waals surface area contributed by atoms with Gasteiger partial charge in [-0.3, -0.25) is 9.59 Å². The van der Waals surface area contributed by atoms with E-state index in [9.17, 15) is 18.4 Å². The molecule has 0 saturated carbocycles. The summed E-state index contributed by atoms with van der Waals surface area (Å²) in [5.41, 5.74) is 0.259. The number of hydrogen-bond acceptors (Lipinski definition) is 2. The molecule has 2 aromatic carbocycles. The van der Waals surface area contributed by atoms with Gasteiger partial charge in [0.05, 0.1) is 6.42 Å². The van der Waals surface area contributed by atoms with Gasteiger partial charge in [-0.2, -0.15) is 0 Å². The number of hydrogen-bond donors (Lipinski definition) is 1. The van der Waals surface area contributed by atoms with Crippen LogP contribution in [0.1, 0.15) is 45.2 Å². The lowest BCUT2D eigenvalue weighted by atomic mass is 10.0. The van der Waals surface area contributed by atoms with E-state index in [0.29, 0.717) is 12.0 Å². The number of halogens is 3. The Morgan fingerprint density at radius 3 is 2.27 bits per heavy atom. The van der Waals surface area contributed by atoms with Crippen LogP contribution in [0.25, 0.3) is 0 Å². The van der Waals surface area contributed by atoms with Crippen molar-refractivity contribution < 1.29 is 18.4 Å². The number of nitrogens with one attached hydrogen (secondary N) is 1. The Morgan fingerprint density at radius 1 is 1.10 bits per heavy atom. The van der Waals surface area contributed by atoms with Gasteiger partial charge in [-0.05, 0) is 57.0 Å². The van der Waals surface area contributed by atoms with Crippen molar-refractivity contribution in [1.29, 1.82) is 0 Å². The van der Waals surface area contributed by atoms with E-state index in [2.05, 4.69) is 5.32 Å². The summed E-state index contributed by atoms with van der Waals surface area (Å²) in [7, 11) is 0. The standard InChI is InChI=1S/C23H27ClF2N2O2/c1-5-20(22(30)27-23(2,3)4)28(14-15-9-11-16(25)12-10-15)21(29)13-17-18(24)7-6-8-19(17)26/h6-12,20H,5,13-14H2,1-4H3,(H,27,30)/t20-/m1/s1. The van der Waals surface area contributed by atoms with E-state index in [4.69, 9.17) is 11.6 Å². The first-order valence-electron chi connectivity index (χ1n) is 9.80. The molecule has 30 heavy (non-hydrogen) atoms. The Balaban J connectivity index is 2.36. The first-order chi connectivity index (χ1) is 14.0. The highest BCUT2D eigenvalue weighted by molar-refractivity contribution is 6.31. The Bertz CT molecular complexity index is 875. The fourth-order valence-corrected chi connectivity index (χ4v) is 3.34. The summed E-state index contributed by atoms with van der Waals surface area (Å²) < 4.78 is 27.5. The Hall–Kier alpha value is -2.47. The first kappa shape index (κ1) is 23.8. The topological polar surface area (TPSA) is 49.4 Å². The van der Waals surface area contributed by atoms with E-state index in [-0.39, 0.29) is 29.5 Å². The third-order valence-corrected chi connectivity index (χ3v) is 4.89. The fraction of sp³-hybridized carbons (Fsp3) is 0.391. The second-order valence-corrected chi connectivity index (χ2v) is 8.60. The lowest BCUT2D eigenvalue weighted by Crippen LogP contribution is -2.53. The smallest absolute Gasteiger partial charge is 0.243 e. The maximum atomic E-state index is 14.2. The zero-order valence-electron chi connectivity index (χ0n) is 17.6. The molecular formula is C23H27ClF2N2O2. The van der Waals surface area contributed by atoms with Gasteiger partial charge in [-0.25, -0.2) is 8.78 Å². The molecule has 0 unspecified atom stereocenters. The molecule has 2 rings (SSSR count). The largest absolute Gasteiger partial charge is 0.350 e. The monoisotopic (exact) mass is 436 g/mol. The first-order valence-corrected chi connectivity index (χ1v) is 10.2. The van der Waals surface area contributed by atoms with Crippen LogP contribution in [-0.2, 0) is 22.6 Å². The predicted molar refractivity (Wildman–Crippen MR) is 114 cm³/mol. The van der Waals surface area contributed by atoms with Gasteiger partial charge in [-0.1, -0.05) is 36.7 Å². The number of carbonyl (C=O) groups is 2. The number of nitrogens with zero attached hydrogens (tertiary/aromatic N) is 1. The number of rotatable bonds is 7. The molecule has 0 aliphatic rings. The Kier molecular flexibility index (Phi) is 7.96. The van der Waals surface area contributed by atoms with Crippen LogP contribution in [0.4, 0.5) is 8.78 Å². The molecule has 0 fully saturated rings. The van der Waals surface area contributed by atoms with Crippen molar-refractivity contribution in [3.63, 3.8) is 0 Å². The fourth-order valence-electron chi connectivity index (χ4n) is 3.11. The highest BCUT2D eigenvalue weighted by atomic mass is 35.5. The van der Waals surface area contributed by atoms with Crippen LogP contribution in [0.3, 0.4) is 0 Å². The van der Waals surface area contributed by atoms with Crippen LogP contribution < -0.4 is 5.32 Å². The van der Waals surface area contributed by atoms with Crippen LogP contribution in [0.15, 0.2) is 42.5 Å². The Labute approximate surface area is 181 Å². The maximum absolute atomic E-state index is 14.2. The maximum Gasteiger partial charge on any atom is 0.243 e. The van der Waals surface area contributed by atoms with Crippen LogP contribution in [0.5, 0.6) is 0 Å². The normalized spacial score (nSPS) is 12.4. The van der Waals surface area contributed by atoms with Crippen molar-refractivity contribution in [2.24, 2.45) is 0 Å². The number of benzene rings is 2. The SMILES string of the molecule is CC[C@H](C(=O)NC(C)(C)C)N(Cc1ccc(F)cc1)C(=O)Cc1c(F)cccc1Cl. The zero-order chi connectivity index (χ0) is 22.5. The van der Waals surface area contributed by atoms with E-state index in [1.165, 1.54) is 35.2 Å². The molecule has 0 aliphatic heterocycles. The summed E-state index contributed by atoms with van der Waals surface area (Å²) in [5.74, 6) is -1.72. The van der Waals surface area contributed by atoms with Crippen molar-refractivity contribution >= 4 is 23.4 Å². The molecule has 4 nitrogen and oxygen atoms in total. The van der Waals surface area contributed by atoms with E-state index in [0.717, 1.165) is 0 Å². The summed E-state index contributed by atoms with van der Waals surface area (Å²) in [5, 5.41) is 3.04. The average molecular weight is 437 g/mol. The van der Waals surface area contributed by atoms with Crippen molar-refractivity contribution in [2.75, 3.05) is 0 Å². The van der Waals surface area contributed by atoms with Gasteiger partial charge in [-0.15, -0.1) is 0 Å². The van der Waals surface area contributed by atoms with E-state index in [1.807, 2.05) is 20.8 Å². The van der Waals surface area contributed by atoms with Crippen molar-refractivity contribution in [3.8, 4) is 0 Å². The highest BCUT2D eigenvalue weighted by Gasteiger charge is 2.31. The van der Waals surface area contributed by atoms with E-state index in [1.54, 1.807) is 19.1 Å². The van der Waals surface area contributed by atoms with Gasteiger partial charge in [0.15, 0.2) is 0 Å². The second-order valence-electron chi connectivity index (χ2n) is 8.19. The average Bonchev–Trinajstić information content (AvgIpc) is 2.64. The molecular weight excluding hydrogens is 410 g/mol. The molecule has 0 aromatic heterocycles. The van der Waals surface area contributed by atoms with Crippen molar-refractivity contribution in [1.82, 2.24) is 10.2 Å². The second kappa shape index (κ2) is 10.0. The number of amides is 2. The van der Waals surface area contributed by atoms with Crippen LogP contribution in [0, 0.1) is 11.6 Å². The van der Waals surface area contributed by atoms with E-state index >= 15 is 0 Å². The lowest BCUT2D eigenvalue weighted by molar-refractivity contribution is -0.141. The molecule has 0 bridgehead atoms. The molecule has 2 aromatic rings. The van der Waals surface area contributed by atoms with Gasteiger partial charge in [0.25, 0.3) is 0 Å². The molecule has 7 heteroatoms. The summed E-state index contributed by atoms with van der Waals surface area (Å²) in [6.45, 7) is 7.43. The summed E-state index contributed by atoms with van der Waals surface area (Å²) in [6, 6.07) is 9.15. The Morgan fingerprint density at radius 2 is 1.73 bits per heavy atom. The van der Waals surface area contributed by atoms with Gasteiger partial charge >= 0.3 is 0 Å². The quantitative estimate of drug-likeness (QED) is 0.672. The summed E-state index contributed by atoms with van der Waals surface area (Å²) in [4.78, 5) is 27.5. The summed E-state index contributed by atoms with van der Waals surface area (Å²) in [6.07, 6.45) is 0.0752. The molecule has 0 saturated heterocycles. The molecule has 1 N–H and O–H groups in total. The third-order valence-electron chi connectivity index (χ3n) is 4.54. The van der Waals surface area contributed by atoms with Crippen LogP contribution in [-0.4, -0.2) is 28.3 Å². The van der Waals surface area contributed by atoms with Gasteiger partial charge < -0.3 is 10.2 Å². The minimum absolute atomic E-state index is 0.0827. The van der Waals surface area contributed by atoms with Crippen molar-refractivity contribution in [2.45, 2.75) is 58.7 Å². The van der Waals surface area contributed by atoms with Gasteiger partial charge in [0, 0.05) is 22.7 Å². The zero-order valence-corrected chi connectivity index (χ0v) is 18.4. The minimum atomic E-state index is -0.771. The molecule has 0 spiro atoms. The molecule has 162 valence electrons. The lowest BCUT2D eigenvalue weighted by Gasteiger charge is -2.33. The van der Waals surface area contributed by atoms with Gasteiger partial charge in [0.1, 0.15) is 17.7 Å². The van der Waals surface area contributed by atoms with Gasteiger partial charge in [0.2, 0.25) is 11.8 Å². The third kappa shape index (κ3) is 6.52. The molecule has 0 aliphatic carbocycles. The number of carbonyl (C=O) groups excluding carboxylic acids is 2. The molecule has 0 radical (unpaired) electrons. The highest BCUT2D eigenvalue weighted by Crippen LogP contribution is 2.22. The van der Waals surface area contributed by atoms with Crippen LogP contribution in [0.2, 0.25) is 5.02 Å². The minimum Gasteiger partial charge on any atom is -0.350 e. The van der Waals surface area contributed by atoms with Crippen LogP contribution >= 0.6 is 11.6 Å².